The molecule has 0 aliphatic carbocycles. The molecule has 0 radical (unpaired) electrons. The SMILES string of the molecule is O=C1CCNC(=O)[C@H](Cc2ccccc2)NC(=O)[C@H](Cc2ccccc2)NC(=O)[C@@H]2CCCN2C(=O)CCN1. The molecule has 2 fully saturated rings. The maximum atomic E-state index is 13.6. The molecule has 2 aliphatic rings. The van der Waals surface area contributed by atoms with Gasteiger partial charge < -0.3 is 26.2 Å². The number of carbonyl (C=O) groups excluding carboxylic acids is 5. The van der Waals surface area contributed by atoms with E-state index in [1.807, 2.05) is 60.7 Å². The normalized spacial score (nSPS) is 23.6. The molecule has 0 bridgehead atoms. The molecule has 0 spiro atoms. The summed E-state index contributed by atoms with van der Waals surface area (Å²) in [5.41, 5.74) is 1.70. The minimum atomic E-state index is -0.956. The molecule has 0 unspecified atom stereocenters. The van der Waals surface area contributed by atoms with E-state index in [4.69, 9.17) is 0 Å². The second kappa shape index (κ2) is 13.5. The fraction of sp³-hybridized carbons (Fsp3) is 0.414. The predicted molar refractivity (Wildman–Crippen MR) is 144 cm³/mol. The molecule has 2 aliphatic heterocycles. The number of carbonyl (C=O) groups is 5. The van der Waals surface area contributed by atoms with Crippen molar-refractivity contribution in [2.75, 3.05) is 19.6 Å². The molecule has 2 aromatic rings. The maximum Gasteiger partial charge on any atom is 0.243 e. The van der Waals surface area contributed by atoms with Crippen LogP contribution in [0.5, 0.6) is 0 Å². The van der Waals surface area contributed by atoms with Gasteiger partial charge in [-0.05, 0) is 24.0 Å². The van der Waals surface area contributed by atoms with Crippen LogP contribution in [0.2, 0.25) is 0 Å². The number of benzene rings is 2. The molecule has 0 saturated carbocycles. The minimum absolute atomic E-state index is 0.0367. The monoisotopic (exact) mass is 533 g/mol. The molecule has 4 rings (SSSR count). The Morgan fingerprint density at radius 1 is 0.667 bits per heavy atom. The van der Waals surface area contributed by atoms with Crippen molar-refractivity contribution in [2.45, 2.75) is 56.7 Å². The summed E-state index contributed by atoms with van der Waals surface area (Å²) < 4.78 is 0. The van der Waals surface area contributed by atoms with Gasteiger partial charge in [0.2, 0.25) is 29.5 Å². The van der Waals surface area contributed by atoms with Crippen molar-refractivity contribution in [1.29, 1.82) is 0 Å². The summed E-state index contributed by atoms with van der Waals surface area (Å²) in [4.78, 5) is 66.8. The Balaban J connectivity index is 1.60. The van der Waals surface area contributed by atoms with Gasteiger partial charge in [0.25, 0.3) is 0 Å². The van der Waals surface area contributed by atoms with Crippen molar-refractivity contribution in [3.05, 3.63) is 71.8 Å². The van der Waals surface area contributed by atoms with Crippen LogP contribution in [0.1, 0.15) is 36.8 Å². The summed E-state index contributed by atoms with van der Waals surface area (Å²) in [5.74, 6) is -1.85. The predicted octanol–water partition coefficient (Wildman–Crippen LogP) is 0.459. The van der Waals surface area contributed by atoms with Gasteiger partial charge in [-0.2, -0.15) is 0 Å². The largest absolute Gasteiger partial charge is 0.356 e. The number of nitrogens with one attached hydrogen (secondary N) is 4. The first-order valence-electron chi connectivity index (χ1n) is 13.4. The topological polar surface area (TPSA) is 137 Å². The lowest BCUT2D eigenvalue weighted by Gasteiger charge is -2.27. The highest BCUT2D eigenvalue weighted by Gasteiger charge is 2.36. The van der Waals surface area contributed by atoms with Gasteiger partial charge in [0, 0.05) is 45.3 Å². The number of hydrogen-bond acceptors (Lipinski definition) is 5. The minimum Gasteiger partial charge on any atom is -0.356 e. The van der Waals surface area contributed by atoms with Crippen molar-refractivity contribution in [2.24, 2.45) is 0 Å². The first-order chi connectivity index (χ1) is 18.9. The molecule has 10 nitrogen and oxygen atoms in total. The second-order valence-electron chi connectivity index (χ2n) is 9.89. The van der Waals surface area contributed by atoms with Crippen molar-refractivity contribution in [3.8, 4) is 0 Å². The van der Waals surface area contributed by atoms with Crippen LogP contribution in [-0.4, -0.2) is 72.2 Å². The Hall–Kier alpha value is -4.21. The van der Waals surface area contributed by atoms with Crippen LogP contribution in [0.15, 0.2) is 60.7 Å². The lowest BCUT2D eigenvalue weighted by Crippen LogP contribution is -2.57. The standard InChI is InChI=1S/C29H35N5O5/c35-25-13-15-31-27(37)22(18-20-8-3-1-4-9-20)32-28(38)23(19-21-10-5-2-6-11-21)33-29(39)24-12-7-17-34(24)26(36)14-16-30-25/h1-6,8-11,22-24H,7,12-19H2,(H,30,35)(H,31,37)(H,32,38)(H,33,39)/t22-,23-,24-/m0/s1. The Bertz CT molecular complexity index is 1170. The van der Waals surface area contributed by atoms with Gasteiger partial charge in [-0.25, -0.2) is 0 Å². The summed E-state index contributed by atoms with van der Waals surface area (Å²) in [7, 11) is 0. The van der Waals surface area contributed by atoms with E-state index in [9.17, 15) is 24.0 Å². The van der Waals surface area contributed by atoms with Crippen LogP contribution >= 0.6 is 0 Å². The molecule has 2 heterocycles. The molecule has 0 aromatic heterocycles. The zero-order valence-electron chi connectivity index (χ0n) is 21.9. The molecule has 3 atom stereocenters. The first-order valence-corrected chi connectivity index (χ1v) is 13.4. The van der Waals surface area contributed by atoms with Gasteiger partial charge in [0.05, 0.1) is 0 Å². The lowest BCUT2D eigenvalue weighted by atomic mass is 10.0. The number of amides is 5. The number of rotatable bonds is 4. The van der Waals surface area contributed by atoms with E-state index < -0.39 is 35.8 Å². The highest BCUT2D eigenvalue weighted by molar-refractivity contribution is 5.95. The van der Waals surface area contributed by atoms with Gasteiger partial charge in [0.1, 0.15) is 18.1 Å². The van der Waals surface area contributed by atoms with Crippen LogP contribution in [0.4, 0.5) is 0 Å². The highest BCUT2D eigenvalue weighted by atomic mass is 16.2. The lowest BCUT2D eigenvalue weighted by molar-refractivity contribution is -0.139. The Kier molecular flexibility index (Phi) is 9.66. The molecule has 10 heteroatoms. The van der Waals surface area contributed by atoms with Crippen molar-refractivity contribution < 1.29 is 24.0 Å². The Morgan fingerprint density at radius 3 is 1.87 bits per heavy atom. The molecular formula is C29H35N5O5. The van der Waals surface area contributed by atoms with Gasteiger partial charge >= 0.3 is 0 Å². The van der Waals surface area contributed by atoms with Crippen LogP contribution < -0.4 is 21.3 Å². The fourth-order valence-corrected chi connectivity index (χ4v) is 4.96. The third-order valence-corrected chi connectivity index (χ3v) is 7.02. The van der Waals surface area contributed by atoms with Gasteiger partial charge in [0.15, 0.2) is 0 Å². The smallest absolute Gasteiger partial charge is 0.243 e. The van der Waals surface area contributed by atoms with Gasteiger partial charge in [-0.3, -0.25) is 24.0 Å². The fourth-order valence-electron chi connectivity index (χ4n) is 4.96. The van der Waals surface area contributed by atoms with E-state index in [0.717, 1.165) is 11.1 Å². The van der Waals surface area contributed by atoms with Crippen LogP contribution in [-0.2, 0) is 36.8 Å². The molecule has 2 aromatic carbocycles. The first kappa shape index (κ1) is 27.8. The van der Waals surface area contributed by atoms with Crippen molar-refractivity contribution >= 4 is 29.5 Å². The number of fused-ring (bicyclic) bond motifs is 1. The average molecular weight is 534 g/mol. The van der Waals surface area contributed by atoms with E-state index in [-0.39, 0.29) is 50.6 Å². The van der Waals surface area contributed by atoms with E-state index >= 15 is 0 Å². The van der Waals surface area contributed by atoms with Crippen molar-refractivity contribution in [3.63, 3.8) is 0 Å². The maximum absolute atomic E-state index is 13.6. The third kappa shape index (κ3) is 7.89. The Labute approximate surface area is 227 Å². The average Bonchev–Trinajstić information content (AvgIpc) is 3.43. The number of hydrogen-bond donors (Lipinski definition) is 4. The quantitative estimate of drug-likeness (QED) is 0.453. The third-order valence-electron chi connectivity index (χ3n) is 7.02. The molecular weight excluding hydrogens is 498 g/mol. The summed E-state index contributed by atoms with van der Waals surface area (Å²) in [6.45, 7) is 0.667. The van der Waals surface area contributed by atoms with E-state index in [0.29, 0.717) is 19.4 Å². The van der Waals surface area contributed by atoms with E-state index in [1.165, 1.54) is 4.90 Å². The van der Waals surface area contributed by atoms with Crippen LogP contribution in [0.3, 0.4) is 0 Å². The van der Waals surface area contributed by atoms with Crippen LogP contribution in [0.25, 0.3) is 0 Å². The van der Waals surface area contributed by atoms with Crippen LogP contribution in [0, 0.1) is 0 Å². The summed E-state index contributed by atoms with van der Waals surface area (Å²) >= 11 is 0. The van der Waals surface area contributed by atoms with E-state index in [2.05, 4.69) is 21.3 Å². The summed E-state index contributed by atoms with van der Waals surface area (Å²) in [5, 5.41) is 11.1. The summed E-state index contributed by atoms with van der Waals surface area (Å²) in [6.07, 6.45) is 1.72. The van der Waals surface area contributed by atoms with Crippen molar-refractivity contribution in [1.82, 2.24) is 26.2 Å². The number of nitrogens with zero attached hydrogens (tertiary/aromatic N) is 1. The highest BCUT2D eigenvalue weighted by Crippen LogP contribution is 2.19. The zero-order valence-corrected chi connectivity index (χ0v) is 21.9. The Morgan fingerprint density at radius 2 is 1.23 bits per heavy atom. The molecule has 5 amide bonds. The van der Waals surface area contributed by atoms with E-state index in [1.54, 1.807) is 0 Å². The molecule has 206 valence electrons. The van der Waals surface area contributed by atoms with Gasteiger partial charge in [-0.15, -0.1) is 0 Å². The van der Waals surface area contributed by atoms with Gasteiger partial charge in [-0.1, -0.05) is 60.7 Å². The summed E-state index contributed by atoms with van der Waals surface area (Å²) in [6, 6.07) is 16.0. The molecule has 39 heavy (non-hydrogen) atoms. The second-order valence-corrected chi connectivity index (χ2v) is 9.89. The molecule has 4 N–H and O–H groups in total. The molecule has 2 saturated heterocycles. The zero-order chi connectivity index (χ0) is 27.6.